The Morgan fingerprint density at radius 1 is 0.914 bits per heavy atom. The number of nitrogens with one attached hydrogen (secondary N) is 5. The lowest BCUT2D eigenvalue weighted by atomic mass is 9.85. The molecular formula is C58H66F5N9O8S. The fraction of sp³-hybridized carbons (Fsp3) is 0.448. The number of aromatic amines is 1. The minimum atomic E-state index is -5.02. The van der Waals surface area contributed by atoms with E-state index in [-0.39, 0.29) is 86.1 Å². The molecule has 0 radical (unpaired) electrons. The highest BCUT2D eigenvalue weighted by Gasteiger charge is 2.53. The Balaban J connectivity index is 0.938. The lowest BCUT2D eigenvalue weighted by molar-refractivity contribution is -0.145. The van der Waals surface area contributed by atoms with Crippen LogP contribution in [-0.4, -0.2) is 129 Å². The van der Waals surface area contributed by atoms with Crippen LogP contribution < -0.4 is 31.7 Å². The van der Waals surface area contributed by atoms with Crippen LogP contribution in [0.2, 0.25) is 0 Å². The molecule has 1 saturated carbocycles. The van der Waals surface area contributed by atoms with Crippen LogP contribution in [0.5, 0.6) is 0 Å². The zero-order valence-electron chi connectivity index (χ0n) is 45.9. The van der Waals surface area contributed by atoms with Crippen molar-refractivity contribution in [2.24, 2.45) is 5.41 Å². The summed E-state index contributed by atoms with van der Waals surface area (Å²) in [5, 5.41) is 21.6. The zero-order valence-corrected chi connectivity index (χ0v) is 46.7. The van der Waals surface area contributed by atoms with Crippen LogP contribution in [0.15, 0.2) is 83.2 Å². The third-order valence-corrected chi connectivity index (χ3v) is 16.3. The standard InChI is InChI=1S/C58H66F5N9O8S/c1-31-27-71(28-32(2)70(31)7)45-17-15-36(22-44(45)68-52(77)40-26-65-48(75)24-41(40)58(61,62)63)39-16-14-37(21-42(39)59)47(74)9-8-20-64-49(76)25-43(34-10-12-35(13-11-34)50-33(3)66-30-81-50)67-53(78)46-23-38(73)29-72(46)54(79)51(56(4,5)6)69-55(80)57(60)18-19-57/h10-17,21-22,24,26,30-32,38,43,46,51,73H,8-9,18-20,23,25,27-29H2,1-7H3,(H,64,76)(H,65,75)(H,67,78)(H,68,77)(H,69,80)/t31-,32+,38-,43+,46+,51-/m1/s1. The van der Waals surface area contributed by atoms with Crippen molar-refractivity contribution in [2.45, 2.75) is 128 Å². The maximum Gasteiger partial charge on any atom is 0.417 e. The largest absolute Gasteiger partial charge is 0.417 e. The summed E-state index contributed by atoms with van der Waals surface area (Å²) < 4.78 is 73.0. The van der Waals surface area contributed by atoms with Gasteiger partial charge in [0.05, 0.1) is 57.1 Å². The van der Waals surface area contributed by atoms with Gasteiger partial charge in [-0.1, -0.05) is 63.2 Å². The van der Waals surface area contributed by atoms with Gasteiger partial charge in [-0.25, -0.2) is 13.8 Å². The highest BCUT2D eigenvalue weighted by atomic mass is 32.1. The van der Waals surface area contributed by atoms with Crippen LogP contribution in [0.3, 0.4) is 0 Å². The number of aromatic nitrogens is 2. The van der Waals surface area contributed by atoms with Crippen molar-refractivity contribution in [3.05, 3.63) is 123 Å². The molecule has 4 heterocycles. The molecule has 6 N–H and O–H groups in total. The SMILES string of the molecule is Cc1ncsc1-c1ccc([C@H](CC(=O)NCCCC(=O)c2ccc(-c3ccc(N4C[C@@H](C)N(C)[C@@H](C)C4)c(NC(=O)c4c[nH]c(=O)cc4C(F)(F)F)c3)c(F)c2)NC(=O)[C@@H]2C[C@@H](O)CN2C(=O)[C@@H](NC(=O)C2(F)CC2)C(C)(C)C)cc1. The van der Waals surface area contributed by atoms with Crippen molar-refractivity contribution in [1.82, 2.24) is 35.7 Å². The predicted octanol–water partition coefficient (Wildman–Crippen LogP) is 7.73. The molecule has 2 aromatic heterocycles. The fourth-order valence-corrected chi connectivity index (χ4v) is 11.1. The summed E-state index contributed by atoms with van der Waals surface area (Å²) in [4.78, 5) is 107. The lowest BCUT2D eigenvalue weighted by Crippen LogP contribution is -2.59. The van der Waals surface area contributed by atoms with E-state index in [2.05, 4.69) is 36.1 Å². The number of rotatable bonds is 18. The van der Waals surface area contributed by atoms with Crippen molar-refractivity contribution < 1.29 is 55.8 Å². The Labute approximate surface area is 469 Å². The van der Waals surface area contributed by atoms with E-state index >= 15 is 4.39 Å². The molecular weight excluding hydrogens is 1080 g/mol. The van der Waals surface area contributed by atoms with Crippen molar-refractivity contribution in [3.63, 3.8) is 0 Å². The molecule has 6 atom stereocenters. The maximum atomic E-state index is 16.1. The second-order valence-electron chi connectivity index (χ2n) is 22.4. The number of nitrogens with zero attached hydrogens (tertiary/aromatic N) is 4. The maximum absolute atomic E-state index is 16.1. The first kappa shape index (κ1) is 59.7. The topological polar surface area (TPSA) is 226 Å². The van der Waals surface area contributed by atoms with E-state index in [1.54, 1.807) is 50.5 Å². The number of hydrogen-bond acceptors (Lipinski definition) is 12. The minimum Gasteiger partial charge on any atom is -0.391 e. The summed E-state index contributed by atoms with van der Waals surface area (Å²) in [6.07, 6.45) is -5.75. The molecule has 0 spiro atoms. The normalized spacial score (nSPS) is 19.8. The predicted molar refractivity (Wildman–Crippen MR) is 296 cm³/mol. The fourth-order valence-electron chi connectivity index (χ4n) is 10.2. The van der Waals surface area contributed by atoms with Crippen LogP contribution >= 0.6 is 11.3 Å². The monoisotopic (exact) mass is 1140 g/mol. The number of alkyl halides is 4. The number of Topliss-reactive ketones (excluding diaryl/α,β-unsaturated/α-hetero) is 1. The number of aliphatic hydroxyl groups is 1. The van der Waals surface area contributed by atoms with E-state index in [0.29, 0.717) is 36.6 Å². The van der Waals surface area contributed by atoms with E-state index in [0.717, 1.165) is 22.2 Å². The molecule has 8 rings (SSSR count). The first-order chi connectivity index (χ1) is 38.1. The molecule has 1 aliphatic carbocycles. The third-order valence-electron chi connectivity index (χ3n) is 15.3. The summed E-state index contributed by atoms with van der Waals surface area (Å²) in [5.74, 6) is -5.15. The van der Waals surface area contributed by atoms with Gasteiger partial charge in [0.15, 0.2) is 11.5 Å². The Kier molecular flexibility index (Phi) is 17.7. The van der Waals surface area contributed by atoms with Crippen molar-refractivity contribution in [2.75, 3.05) is 43.4 Å². The minimum absolute atomic E-state index is 0.0157. The van der Waals surface area contributed by atoms with Gasteiger partial charge in [0, 0.05) is 74.5 Å². The third kappa shape index (κ3) is 13.9. The molecule has 432 valence electrons. The number of pyridine rings is 1. The number of H-pyrrole nitrogens is 1. The van der Waals surface area contributed by atoms with Crippen molar-refractivity contribution in [3.8, 4) is 21.6 Å². The van der Waals surface area contributed by atoms with Gasteiger partial charge in [-0.2, -0.15) is 13.2 Å². The number of carbonyl (C=O) groups is 6. The van der Waals surface area contributed by atoms with E-state index in [1.807, 2.05) is 44.9 Å². The molecule has 5 amide bonds. The average molecular weight is 1140 g/mol. The number of anilines is 2. The lowest BCUT2D eigenvalue weighted by Gasteiger charge is -2.44. The highest BCUT2D eigenvalue weighted by molar-refractivity contribution is 7.13. The second-order valence-corrected chi connectivity index (χ2v) is 23.3. The van der Waals surface area contributed by atoms with Crippen molar-refractivity contribution in [1.29, 1.82) is 0 Å². The number of aliphatic hydroxyl groups excluding tert-OH is 1. The molecule has 2 aliphatic heterocycles. The summed E-state index contributed by atoms with van der Waals surface area (Å²) in [5.41, 5.74) is -1.47. The van der Waals surface area contributed by atoms with Crippen LogP contribution in [0.4, 0.5) is 33.3 Å². The highest BCUT2D eigenvalue weighted by Crippen LogP contribution is 2.41. The number of halogens is 5. The summed E-state index contributed by atoms with van der Waals surface area (Å²) in [6, 6.07) is 12.7. The van der Waals surface area contributed by atoms with E-state index in [9.17, 15) is 56.2 Å². The number of carbonyl (C=O) groups excluding carboxylic acids is 6. The number of likely N-dealkylation sites (N-methyl/N-ethyl adjacent to an activating group) is 1. The molecule has 0 bridgehead atoms. The number of aryl methyl sites for hydroxylation is 1. The van der Waals surface area contributed by atoms with Gasteiger partial charge in [0.2, 0.25) is 23.3 Å². The number of amides is 5. The number of benzene rings is 3. The molecule has 3 aromatic carbocycles. The van der Waals surface area contributed by atoms with Gasteiger partial charge in [-0.3, -0.25) is 38.5 Å². The van der Waals surface area contributed by atoms with Crippen LogP contribution in [-0.2, 0) is 25.4 Å². The number of hydrogen-bond donors (Lipinski definition) is 6. The molecule has 23 heteroatoms. The Bertz CT molecular complexity index is 3260. The van der Waals surface area contributed by atoms with Gasteiger partial charge in [0.1, 0.15) is 17.9 Å². The first-order valence-electron chi connectivity index (χ1n) is 26.7. The Hall–Kier alpha value is -7.37. The van der Waals surface area contributed by atoms with Crippen LogP contribution in [0.25, 0.3) is 21.6 Å². The molecule has 5 aromatic rings. The van der Waals surface area contributed by atoms with Crippen LogP contribution in [0.1, 0.15) is 117 Å². The molecule has 2 saturated heterocycles. The molecule has 3 aliphatic rings. The van der Waals surface area contributed by atoms with Gasteiger partial charge >= 0.3 is 6.18 Å². The summed E-state index contributed by atoms with van der Waals surface area (Å²) in [6.45, 7) is 11.8. The van der Waals surface area contributed by atoms with Gasteiger partial charge in [-0.15, -0.1) is 11.3 Å². The van der Waals surface area contributed by atoms with Gasteiger partial charge in [-0.05, 0) is 87.4 Å². The quantitative estimate of drug-likeness (QED) is 0.0283. The smallest absolute Gasteiger partial charge is 0.391 e. The van der Waals surface area contributed by atoms with Crippen LogP contribution in [0, 0.1) is 18.2 Å². The first-order valence-corrected chi connectivity index (χ1v) is 27.6. The molecule has 0 unspecified atom stereocenters. The number of ketones is 1. The number of piperazine rings is 1. The van der Waals surface area contributed by atoms with Gasteiger partial charge < -0.3 is 41.2 Å². The Morgan fingerprint density at radius 2 is 1.59 bits per heavy atom. The zero-order chi connectivity index (χ0) is 58.9. The second kappa shape index (κ2) is 24.0. The molecule has 81 heavy (non-hydrogen) atoms. The van der Waals surface area contributed by atoms with Crippen molar-refractivity contribution >= 4 is 58.0 Å². The average Bonchev–Trinajstić information content (AvgIpc) is 4.11. The van der Waals surface area contributed by atoms with E-state index < -0.39 is 99.3 Å². The molecule has 3 fully saturated rings. The summed E-state index contributed by atoms with van der Waals surface area (Å²) in [7, 11) is 1.97. The number of likely N-dealkylation sites (tertiary alicyclic amines) is 1. The van der Waals surface area contributed by atoms with Gasteiger partial charge in [0.25, 0.3) is 11.8 Å². The number of thiazole rings is 1. The van der Waals surface area contributed by atoms with E-state index in [1.165, 1.54) is 34.4 Å². The van der Waals surface area contributed by atoms with E-state index in [4.69, 9.17) is 0 Å². The summed E-state index contributed by atoms with van der Waals surface area (Å²) >= 11 is 1.45. The molecule has 17 nitrogen and oxygen atoms in total. The Morgan fingerprint density at radius 3 is 2.21 bits per heavy atom. The number of β-amino-alcohol motifs (C(OH)–C–C–N with tert-alkyl or cyclic N) is 1.